The average Bonchev–Trinajstić information content (AvgIpc) is 3.36. The number of carbonyl (C=O) groups excluding carboxylic acids is 1. The van der Waals surface area contributed by atoms with Gasteiger partial charge in [0.05, 0.1) is 10.9 Å². The van der Waals surface area contributed by atoms with Crippen LogP contribution >= 0.6 is 24.0 Å². The molecular weight excluding hydrogens is 430 g/mol. The Morgan fingerprint density at radius 2 is 1.58 bits per heavy atom. The second-order valence-corrected chi connectivity index (χ2v) is 8.92. The summed E-state index contributed by atoms with van der Waals surface area (Å²) in [6.45, 7) is 0.212. The van der Waals surface area contributed by atoms with Gasteiger partial charge in [0.25, 0.3) is 5.91 Å². The van der Waals surface area contributed by atoms with E-state index in [0.29, 0.717) is 20.7 Å². The molecule has 0 aromatic heterocycles. The van der Waals surface area contributed by atoms with Gasteiger partial charge >= 0.3 is 0 Å². The van der Waals surface area contributed by atoms with Gasteiger partial charge in [0, 0.05) is 11.1 Å². The van der Waals surface area contributed by atoms with Gasteiger partial charge in [-0.25, -0.2) is 0 Å². The monoisotopic (exact) mass is 445 g/mol. The van der Waals surface area contributed by atoms with Crippen LogP contribution < -0.4 is 14.2 Å². The Labute approximate surface area is 188 Å². The summed E-state index contributed by atoms with van der Waals surface area (Å²) >= 11 is 6.98. The zero-order valence-electron chi connectivity index (χ0n) is 16.1. The smallest absolute Gasteiger partial charge is 0.267 e. The van der Waals surface area contributed by atoms with Crippen LogP contribution in [-0.4, -0.2) is 21.9 Å². The Balaban J connectivity index is 1.41. The van der Waals surface area contributed by atoms with Crippen molar-refractivity contribution in [2.45, 2.75) is 6.04 Å². The first-order valence-electron chi connectivity index (χ1n) is 9.71. The Bertz CT molecular complexity index is 1240. The minimum atomic E-state index is -0.337. The minimum Gasteiger partial charge on any atom is -0.457 e. The van der Waals surface area contributed by atoms with E-state index in [0.717, 1.165) is 28.2 Å². The van der Waals surface area contributed by atoms with Crippen molar-refractivity contribution in [1.82, 2.24) is 4.90 Å². The predicted molar refractivity (Wildman–Crippen MR) is 122 cm³/mol. The Morgan fingerprint density at radius 1 is 0.903 bits per heavy atom. The number of thiocarbonyl (C=S) groups is 1. The number of carbonyl (C=O) groups is 1. The highest BCUT2D eigenvalue weighted by Crippen LogP contribution is 2.49. The normalized spacial score (nSPS) is 18.2. The summed E-state index contributed by atoms with van der Waals surface area (Å²) in [7, 11) is 0. The summed E-state index contributed by atoms with van der Waals surface area (Å²) in [5, 5.41) is 0. The molecule has 5 nitrogen and oxygen atoms in total. The number of benzene rings is 3. The maximum absolute atomic E-state index is 13.5. The molecule has 1 amide bonds. The summed E-state index contributed by atoms with van der Waals surface area (Å²) in [5.41, 5.74) is 2.70. The van der Waals surface area contributed by atoms with Crippen LogP contribution in [0, 0.1) is 0 Å². The first kappa shape index (κ1) is 18.5. The highest BCUT2D eigenvalue weighted by Gasteiger charge is 2.42. The molecule has 31 heavy (non-hydrogen) atoms. The van der Waals surface area contributed by atoms with Gasteiger partial charge in [-0.1, -0.05) is 66.4 Å². The molecule has 7 heteroatoms. The fourth-order valence-electron chi connectivity index (χ4n) is 4.02. The van der Waals surface area contributed by atoms with Gasteiger partial charge < -0.3 is 14.2 Å². The number of fused-ring (bicyclic) bond motifs is 3. The van der Waals surface area contributed by atoms with Crippen molar-refractivity contribution in [3.63, 3.8) is 0 Å². The van der Waals surface area contributed by atoms with E-state index in [-0.39, 0.29) is 18.7 Å². The molecule has 0 unspecified atom stereocenters. The summed E-state index contributed by atoms with van der Waals surface area (Å²) < 4.78 is 17.4. The molecule has 3 heterocycles. The predicted octanol–water partition coefficient (Wildman–Crippen LogP) is 5.51. The van der Waals surface area contributed by atoms with Gasteiger partial charge in [0.1, 0.15) is 15.8 Å². The van der Waals surface area contributed by atoms with Crippen LogP contribution in [0.3, 0.4) is 0 Å². The van der Waals surface area contributed by atoms with Crippen LogP contribution in [0.2, 0.25) is 0 Å². The van der Waals surface area contributed by atoms with Crippen molar-refractivity contribution in [3.8, 4) is 23.0 Å². The maximum atomic E-state index is 13.5. The first-order valence-corrected chi connectivity index (χ1v) is 10.9. The molecule has 3 aliphatic heterocycles. The van der Waals surface area contributed by atoms with E-state index in [1.807, 2.05) is 72.8 Å². The molecule has 0 saturated carbocycles. The molecule has 0 aliphatic carbocycles. The minimum absolute atomic E-state index is 0.121. The van der Waals surface area contributed by atoms with E-state index in [2.05, 4.69) is 0 Å². The van der Waals surface area contributed by atoms with Crippen LogP contribution in [0.25, 0.3) is 6.08 Å². The summed E-state index contributed by atoms with van der Waals surface area (Å²) in [5.74, 6) is 2.74. The molecule has 152 valence electrons. The lowest BCUT2D eigenvalue weighted by atomic mass is 9.93. The molecule has 1 saturated heterocycles. The maximum Gasteiger partial charge on any atom is 0.267 e. The Hall–Kier alpha value is -3.29. The highest BCUT2D eigenvalue weighted by molar-refractivity contribution is 8.26. The number of rotatable bonds is 2. The van der Waals surface area contributed by atoms with Crippen molar-refractivity contribution >= 4 is 40.3 Å². The average molecular weight is 446 g/mol. The van der Waals surface area contributed by atoms with E-state index in [1.54, 1.807) is 4.90 Å². The first-order chi connectivity index (χ1) is 15.2. The number of amides is 1. The van der Waals surface area contributed by atoms with Gasteiger partial charge in [0.15, 0.2) is 11.5 Å². The second-order valence-electron chi connectivity index (χ2n) is 7.24. The highest BCUT2D eigenvalue weighted by atomic mass is 32.2. The molecule has 0 bridgehead atoms. The van der Waals surface area contributed by atoms with E-state index in [4.69, 9.17) is 26.4 Å². The lowest BCUT2D eigenvalue weighted by Gasteiger charge is -2.33. The van der Waals surface area contributed by atoms with Crippen molar-refractivity contribution in [1.29, 1.82) is 0 Å². The van der Waals surface area contributed by atoms with Crippen molar-refractivity contribution in [2.75, 3.05) is 6.79 Å². The number of ether oxygens (including phenoxy) is 3. The summed E-state index contributed by atoms with van der Waals surface area (Å²) in [6.07, 6.45) is 1.85. The van der Waals surface area contributed by atoms with E-state index >= 15 is 0 Å². The van der Waals surface area contributed by atoms with Gasteiger partial charge in [0.2, 0.25) is 6.79 Å². The molecule has 0 spiro atoms. The van der Waals surface area contributed by atoms with E-state index in [1.165, 1.54) is 11.8 Å². The van der Waals surface area contributed by atoms with E-state index in [9.17, 15) is 4.79 Å². The van der Waals surface area contributed by atoms with Gasteiger partial charge in [-0.3, -0.25) is 9.69 Å². The number of hydrogen-bond acceptors (Lipinski definition) is 6. The van der Waals surface area contributed by atoms with Gasteiger partial charge in [-0.05, 0) is 35.9 Å². The molecule has 3 aromatic carbocycles. The molecule has 3 aliphatic rings. The van der Waals surface area contributed by atoms with Crippen LogP contribution in [-0.2, 0) is 4.79 Å². The lowest BCUT2D eigenvalue weighted by molar-refractivity contribution is -0.123. The molecule has 3 aromatic rings. The molecule has 0 N–H and O–H groups in total. The third kappa shape index (κ3) is 3.00. The topological polar surface area (TPSA) is 48.0 Å². The van der Waals surface area contributed by atoms with Crippen molar-refractivity contribution < 1.29 is 19.0 Å². The third-order valence-electron chi connectivity index (χ3n) is 5.42. The zero-order valence-corrected chi connectivity index (χ0v) is 17.7. The molecular formula is C24H15NO4S2. The lowest BCUT2D eigenvalue weighted by Crippen LogP contribution is -2.34. The number of hydrogen-bond donors (Lipinski definition) is 0. The fraction of sp³-hybridized carbons (Fsp3) is 0.0833. The summed E-state index contributed by atoms with van der Waals surface area (Å²) in [6, 6.07) is 20.8. The van der Waals surface area contributed by atoms with Crippen molar-refractivity contribution in [2.24, 2.45) is 0 Å². The van der Waals surface area contributed by atoms with Crippen molar-refractivity contribution in [3.05, 3.63) is 88.3 Å². The SMILES string of the molecule is O=C1C(=Cc2ccc3c(c2)OCO3)SC(=S)N1C1c2ccccc2Oc2ccccc21. The quantitative estimate of drug-likeness (QED) is 0.383. The summed E-state index contributed by atoms with van der Waals surface area (Å²) in [4.78, 5) is 15.8. The third-order valence-corrected chi connectivity index (χ3v) is 6.75. The Morgan fingerprint density at radius 3 is 2.32 bits per heavy atom. The largest absolute Gasteiger partial charge is 0.457 e. The fourth-order valence-corrected chi connectivity index (χ4v) is 5.33. The second kappa shape index (κ2) is 7.14. The Kier molecular flexibility index (Phi) is 4.26. The molecule has 6 rings (SSSR count). The van der Waals surface area contributed by atoms with Crippen LogP contribution in [0.1, 0.15) is 22.7 Å². The molecule has 0 radical (unpaired) electrons. The standard InChI is InChI=1S/C24H15NO4S2/c26-23-21(12-14-9-10-19-20(11-14)28-13-27-19)31-24(30)25(23)22-15-5-1-3-7-17(15)29-18-8-4-2-6-16(18)22/h1-12,22H,13H2. The van der Waals surface area contributed by atoms with Crippen LogP contribution in [0.5, 0.6) is 23.0 Å². The molecule has 1 fully saturated rings. The zero-order chi connectivity index (χ0) is 20.9. The van der Waals surface area contributed by atoms with Crippen LogP contribution in [0.4, 0.5) is 0 Å². The van der Waals surface area contributed by atoms with E-state index < -0.39 is 0 Å². The number of nitrogens with zero attached hydrogens (tertiary/aromatic N) is 1. The number of para-hydroxylation sites is 2. The number of thioether (sulfide) groups is 1. The van der Waals surface area contributed by atoms with Crippen LogP contribution in [0.15, 0.2) is 71.6 Å². The van der Waals surface area contributed by atoms with Gasteiger partial charge in [-0.15, -0.1) is 0 Å². The van der Waals surface area contributed by atoms with Gasteiger partial charge in [-0.2, -0.15) is 0 Å². The molecule has 0 atom stereocenters.